The molecule has 0 spiro atoms. The van der Waals surface area contributed by atoms with E-state index < -0.39 is 11.9 Å². The lowest BCUT2D eigenvalue weighted by Crippen LogP contribution is -2.31. The second-order valence-electron chi connectivity index (χ2n) is 7.07. The molecule has 0 saturated heterocycles. The van der Waals surface area contributed by atoms with Crippen LogP contribution < -0.4 is 15.8 Å². The average molecular weight is 416 g/mol. The molecule has 0 saturated carbocycles. The number of anilines is 1. The van der Waals surface area contributed by atoms with Crippen molar-refractivity contribution in [3.63, 3.8) is 0 Å². The summed E-state index contributed by atoms with van der Waals surface area (Å²) in [6, 6.07) is 7.36. The fraction of sp³-hybridized carbons (Fsp3) is 0.476. The van der Waals surface area contributed by atoms with Crippen LogP contribution in [0.4, 0.5) is 5.95 Å². The van der Waals surface area contributed by atoms with Crippen molar-refractivity contribution < 1.29 is 9.53 Å². The fourth-order valence-electron chi connectivity index (χ4n) is 3.21. The van der Waals surface area contributed by atoms with Gasteiger partial charge in [0.25, 0.3) is 0 Å². The highest BCUT2D eigenvalue weighted by molar-refractivity contribution is 7.99. The molecule has 1 aromatic heterocycles. The number of nitrogens with zero attached hydrogens (tertiary/aromatic N) is 3. The molecule has 2 heterocycles. The van der Waals surface area contributed by atoms with Crippen LogP contribution in [0.2, 0.25) is 0 Å². The first-order valence-corrected chi connectivity index (χ1v) is 11.1. The minimum Gasteiger partial charge on any atom is -0.494 e. The van der Waals surface area contributed by atoms with Crippen molar-refractivity contribution in [3.8, 4) is 5.75 Å². The van der Waals surface area contributed by atoms with E-state index in [1.165, 1.54) is 0 Å². The molecule has 7 nitrogen and oxygen atoms in total. The molecule has 0 fully saturated rings. The lowest BCUT2D eigenvalue weighted by Gasteiger charge is -2.27. The molecule has 1 amide bonds. The van der Waals surface area contributed by atoms with Gasteiger partial charge in [0.15, 0.2) is 0 Å². The predicted octanol–water partition coefficient (Wildman–Crippen LogP) is 4.12. The Balaban J connectivity index is 1.91. The highest BCUT2D eigenvalue weighted by Crippen LogP contribution is 2.36. The Bertz CT molecular complexity index is 876. The molecule has 1 aliphatic rings. The second-order valence-corrected chi connectivity index (χ2v) is 8.13. The number of aromatic nitrogens is 3. The minimum atomic E-state index is -0.468. The Labute approximate surface area is 176 Å². The highest BCUT2D eigenvalue weighted by atomic mass is 32.2. The van der Waals surface area contributed by atoms with Gasteiger partial charge in [0.1, 0.15) is 11.8 Å². The summed E-state index contributed by atoms with van der Waals surface area (Å²) in [6.45, 7) is 6.83. The summed E-state index contributed by atoms with van der Waals surface area (Å²) in [5.41, 5.74) is 7.84. The van der Waals surface area contributed by atoms with E-state index in [1.807, 2.05) is 31.2 Å². The van der Waals surface area contributed by atoms with E-state index in [1.54, 1.807) is 16.4 Å². The Hall–Kier alpha value is -2.48. The van der Waals surface area contributed by atoms with E-state index in [0.717, 1.165) is 42.7 Å². The first kappa shape index (κ1) is 21.2. The number of hydrogen-bond acceptors (Lipinski definition) is 6. The Morgan fingerprint density at radius 1 is 1.24 bits per heavy atom. The topological polar surface area (TPSA) is 95.1 Å². The number of nitrogens with one attached hydrogen (secondary N) is 1. The van der Waals surface area contributed by atoms with E-state index in [0.29, 0.717) is 29.0 Å². The molecule has 2 aromatic rings. The molecule has 0 bridgehead atoms. The first-order valence-electron chi connectivity index (χ1n) is 10.1. The maximum Gasteiger partial charge on any atom is 0.248 e. The summed E-state index contributed by atoms with van der Waals surface area (Å²) in [6.07, 6.45) is 4.34. The van der Waals surface area contributed by atoms with Crippen LogP contribution in [0.5, 0.6) is 5.75 Å². The Morgan fingerprint density at radius 3 is 2.62 bits per heavy atom. The molecule has 0 aliphatic carbocycles. The van der Waals surface area contributed by atoms with Gasteiger partial charge in [0.05, 0.1) is 12.2 Å². The number of carbonyl (C=O) groups excluding carboxylic acids is 1. The lowest BCUT2D eigenvalue weighted by atomic mass is 9.95. The summed E-state index contributed by atoms with van der Waals surface area (Å²) in [5, 5.41) is 8.54. The summed E-state index contributed by atoms with van der Waals surface area (Å²) in [4.78, 5) is 16.9. The number of primary amides is 1. The SMILES string of the molecule is CCCCOc1ccc(C2C(C(N)=O)=C(C)Nc3nc(SCCCC)nn32)cc1. The van der Waals surface area contributed by atoms with Gasteiger partial charge in [-0.15, -0.1) is 5.10 Å². The molecule has 1 aliphatic heterocycles. The van der Waals surface area contributed by atoms with E-state index >= 15 is 0 Å². The van der Waals surface area contributed by atoms with Crippen LogP contribution >= 0.6 is 11.8 Å². The van der Waals surface area contributed by atoms with Gasteiger partial charge < -0.3 is 15.8 Å². The lowest BCUT2D eigenvalue weighted by molar-refractivity contribution is -0.115. The zero-order chi connectivity index (χ0) is 20.8. The second kappa shape index (κ2) is 9.82. The molecular formula is C21H29N5O2S. The Kier molecular flexibility index (Phi) is 7.19. The number of amides is 1. The van der Waals surface area contributed by atoms with Crippen molar-refractivity contribution >= 4 is 23.6 Å². The van der Waals surface area contributed by atoms with Crippen LogP contribution in [0.25, 0.3) is 0 Å². The van der Waals surface area contributed by atoms with E-state index in [9.17, 15) is 4.79 Å². The third-order valence-electron chi connectivity index (χ3n) is 4.79. The number of hydrogen-bond donors (Lipinski definition) is 2. The van der Waals surface area contributed by atoms with Gasteiger partial charge in [-0.25, -0.2) is 4.68 Å². The van der Waals surface area contributed by atoms with Crippen LogP contribution in [0.15, 0.2) is 40.7 Å². The van der Waals surface area contributed by atoms with Gasteiger partial charge in [-0.3, -0.25) is 4.79 Å². The van der Waals surface area contributed by atoms with Crippen LogP contribution in [-0.2, 0) is 4.79 Å². The predicted molar refractivity (Wildman–Crippen MR) is 116 cm³/mol. The van der Waals surface area contributed by atoms with Crippen molar-refractivity contribution in [2.45, 2.75) is 57.7 Å². The van der Waals surface area contributed by atoms with Crippen LogP contribution in [0.3, 0.4) is 0 Å². The number of unbranched alkanes of at least 4 members (excludes halogenated alkanes) is 2. The third kappa shape index (κ3) is 4.93. The van der Waals surface area contributed by atoms with Gasteiger partial charge in [-0.2, -0.15) is 4.98 Å². The molecule has 3 N–H and O–H groups in total. The van der Waals surface area contributed by atoms with E-state index in [4.69, 9.17) is 10.5 Å². The normalized spacial score (nSPS) is 15.8. The monoisotopic (exact) mass is 415 g/mol. The summed E-state index contributed by atoms with van der Waals surface area (Å²) in [5.74, 6) is 1.93. The maximum atomic E-state index is 12.3. The van der Waals surface area contributed by atoms with Crippen LogP contribution in [0.1, 0.15) is 58.1 Å². The summed E-state index contributed by atoms with van der Waals surface area (Å²) < 4.78 is 7.52. The first-order chi connectivity index (χ1) is 14.0. The van der Waals surface area contributed by atoms with Gasteiger partial charge >= 0.3 is 0 Å². The zero-order valence-corrected chi connectivity index (χ0v) is 18.1. The van der Waals surface area contributed by atoms with Gasteiger partial charge in [0, 0.05) is 11.4 Å². The largest absolute Gasteiger partial charge is 0.494 e. The molecular weight excluding hydrogens is 386 g/mol. The molecule has 1 atom stereocenters. The number of fused-ring (bicyclic) bond motifs is 1. The maximum absolute atomic E-state index is 12.3. The van der Waals surface area contributed by atoms with E-state index in [-0.39, 0.29) is 0 Å². The van der Waals surface area contributed by atoms with Crippen LogP contribution in [-0.4, -0.2) is 33.0 Å². The number of allylic oxidation sites excluding steroid dienone is 1. The molecule has 29 heavy (non-hydrogen) atoms. The molecule has 8 heteroatoms. The van der Waals surface area contributed by atoms with Crippen LogP contribution in [0, 0.1) is 0 Å². The van der Waals surface area contributed by atoms with Gasteiger partial charge in [0.2, 0.25) is 17.0 Å². The number of thioether (sulfide) groups is 1. The molecule has 0 radical (unpaired) electrons. The summed E-state index contributed by atoms with van der Waals surface area (Å²) >= 11 is 1.62. The molecule has 1 unspecified atom stereocenters. The molecule has 3 rings (SSSR count). The van der Waals surface area contributed by atoms with Crippen molar-refractivity contribution in [2.24, 2.45) is 5.73 Å². The standard InChI is InChI=1S/C21H29N5O2S/c1-4-6-12-28-16-10-8-15(9-11-16)18-17(19(22)27)14(3)23-20-24-21(25-26(18)20)29-13-7-5-2/h8-11,18H,4-7,12-13H2,1-3H3,(H2,22,27)(H,23,24,25). The van der Waals surface area contributed by atoms with Gasteiger partial charge in [-0.05, 0) is 37.5 Å². The quantitative estimate of drug-likeness (QED) is 0.448. The number of carbonyl (C=O) groups is 1. The third-order valence-corrected chi connectivity index (χ3v) is 5.71. The Morgan fingerprint density at radius 2 is 1.97 bits per heavy atom. The zero-order valence-electron chi connectivity index (χ0n) is 17.3. The van der Waals surface area contributed by atoms with Crippen molar-refractivity contribution in [1.29, 1.82) is 0 Å². The fourth-order valence-corrected chi connectivity index (χ4v) is 4.12. The van der Waals surface area contributed by atoms with Gasteiger partial charge in [-0.1, -0.05) is 50.6 Å². The summed E-state index contributed by atoms with van der Waals surface area (Å²) in [7, 11) is 0. The van der Waals surface area contributed by atoms with E-state index in [2.05, 4.69) is 29.2 Å². The number of ether oxygens (including phenoxy) is 1. The number of benzene rings is 1. The number of nitrogens with two attached hydrogens (primary N) is 1. The minimum absolute atomic E-state index is 0.415. The molecule has 156 valence electrons. The van der Waals surface area contributed by atoms with Crippen molar-refractivity contribution in [2.75, 3.05) is 17.7 Å². The van der Waals surface area contributed by atoms with Crippen molar-refractivity contribution in [1.82, 2.24) is 14.8 Å². The number of rotatable bonds is 10. The smallest absolute Gasteiger partial charge is 0.248 e. The highest BCUT2D eigenvalue weighted by Gasteiger charge is 2.33. The molecule has 1 aromatic carbocycles. The van der Waals surface area contributed by atoms with Crippen molar-refractivity contribution in [3.05, 3.63) is 41.1 Å². The average Bonchev–Trinajstić information content (AvgIpc) is 3.10.